The van der Waals surface area contributed by atoms with E-state index < -0.39 is 23.1 Å². The fourth-order valence-corrected chi connectivity index (χ4v) is 18.5. The van der Waals surface area contributed by atoms with Crippen molar-refractivity contribution in [3.05, 3.63) is 233 Å². The van der Waals surface area contributed by atoms with Gasteiger partial charge in [0.1, 0.15) is 6.61 Å². The maximum Gasteiger partial charge on any atom is 0.302 e. The van der Waals surface area contributed by atoms with Gasteiger partial charge in [0.2, 0.25) is 23.1 Å². The molecule has 18 atom stereocenters. The Labute approximate surface area is 714 Å². The molecular weight excluding hydrogens is 1490 g/mol. The number of hydrogen-bond donors (Lipinski definition) is 3. The molecule has 8 heterocycles. The van der Waals surface area contributed by atoms with E-state index >= 15 is 0 Å². The average molecular weight is 1640 g/mol. The zero-order valence-corrected chi connectivity index (χ0v) is 76.5. The van der Waals surface area contributed by atoms with E-state index in [1.165, 1.54) is 84.9 Å². The van der Waals surface area contributed by atoms with Crippen LogP contribution in [0, 0.1) is 35.5 Å². The Morgan fingerprint density at radius 3 is 0.899 bits per heavy atom. The maximum atomic E-state index is 12.3. The van der Waals surface area contributed by atoms with Crippen LogP contribution in [0.15, 0.2) is 233 Å². The number of carbonyl (C=O) groups is 3. The molecule has 0 fully saturated rings. The summed E-state index contributed by atoms with van der Waals surface area (Å²) in [5.41, 5.74) is 23.6. The van der Waals surface area contributed by atoms with Crippen molar-refractivity contribution in [3.63, 3.8) is 0 Å². The molecule has 12 rings (SSSR count). The molecule has 12 aliphatic rings. The standard InChI is InChI=1S/C27H36O5.2C26H38O3.C25H34O4/c1-17(2)8-7-9-18(3)10-23-11-19(4)14-27(31-23)15-22(16-30-21(6)28)24-13-25(29)20(5)12-26(24)32-27;2*1-17(2)8-7-9-18(3)10-23-11-19(4)14-26(28-23)15-22(16-27)24-12-20(5)21(6)13-25(24)29-26;1-16(2)7-6-8-17(3)9-21-10-18(4)13-25(28-21)14-20(15-26)22-12-23(27)19(5)11-24(22)29-25/h8,10,12,14-15,23-24,26H,7,9,11,13,16H2,1-6H3;2*8,10,13-15,20,23-25,27H,7,9,11-12,16H2,1-6H3;7,9,11,13-14,21-22,24,26H,6,8,10,12,15H2,1-5H3/b3*18-10+;17-9+/t23-,24-,26-,27+;20-,23+,24+,25+,26-;20-,23-,24-,25-,26+;21-,22-,24-,25+/m0100/s1. The Kier molecular flexibility index (Phi) is 34.7. The summed E-state index contributed by atoms with van der Waals surface area (Å²) < 4.78 is 57.3. The van der Waals surface area contributed by atoms with Crippen LogP contribution in [0.1, 0.15) is 262 Å². The fraction of sp³-hybridized carbons (Fsp3) is 0.587. The molecule has 0 unspecified atom stereocenters. The summed E-state index contributed by atoms with van der Waals surface area (Å²) in [6, 6.07) is 0. The van der Waals surface area contributed by atoms with Gasteiger partial charge in [0.05, 0.1) is 68.7 Å². The van der Waals surface area contributed by atoms with Gasteiger partial charge in [-0.15, -0.1) is 0 Å². The number of esters is 1. The lowest BCUT2D eigenvalue weighted by molar-refractivity contribution is -0.226. The van der Waals surface area contributed by atoms with Crippen LogP contribution in [0.3, 0.4) is 0 Å². The van der Waals surface area contributed by atoms with Gasteiger partial charge in [0.15, 0.2) is 11.6 Å². The van der Waals surface area contributed by atoms with Crippen LogP contribution >= 0.6 is 0 Å². The highest BCUT2D eigenvalue weighted by Gasteiger charge is 2.50. The summed E-state index contributed by atoms with van der Waals surface area (Å²) in [4.78, 5) is 36.0. The summed E-state index contributed by atoms with van der Waals surface area (Å²) in [5, 5.41) is 30.1. The molecule has 8 aliphatic heterocycles. The Balaban J connectivity index is 0.000000181. The second kappa shape index (κ2) is 43.0. The fourth-order valence-electron chi connectivity index (χ4n) is 18.5. The monoisotopic (exact) mass is 1640 g/mol. The maximum absolute atomic E-state index is 12.3. The number of allylic oxidation sites excluding steroid dienone is 16. The summed E-state index contributed by atoms with van der Waals surface area (Å²) in [6.07, 6.45) is 55.9. The number of aliphatic hydroxyl groups excluding tert-OH is 3. The summed E-state index contributed by atoms with van der Waals surface area (Å²) >= 11 is 0. The van der Waals surface area contributed by atoms with Crippen LogP contribution in [0.2, 0.25) is 0 Å². The van der Waals surface area contributed by atoms with Crippen LogP contribution in [0.25, 0.3) is 0 Å². The Bertz CT molecular complexity index is 4210. The van der Waals surface area contributed by atoms with E-state index in [1.54, 1.807) is 0 Å². The second-order valence-corrected chi connectivity index (χ2v) is 37.6. The topological polar surface area (TPSA) is 195 Å². The number of fused-ring (bicyclic) bond motifs is 4. The number of Topliss-reactive ketones (excluding diaryl/α,β-unsaturated/α-hetero) is 2. The molecule has 0 saturated heterocycles. The quantitative estimate of drug-likeness (QED) is 0.0725. The van der Waals surface area contributed by atoms with Crippen LogP contribution in [-0.2, 0) is 57.0 Å². The lowest BCUT2D eigenvalue weighted by Gasteiger charge is -2.46. The zero-order valence-electron chi connectivity index (χ0n) is 76.5. The number of ether oxygens (including phenoxy) is 9. The van der Waals surface area contributed by atoms with Crippen molar-refractivity contribution in [2.75, 3.05) is 26.4 Å². The molecule has 652 valence electrons. The summed E-state index contributed by atoms with van der Waals surface area (Å²) in [5.74, 6) is -2.63. The highest BCUT2D eigenvalue weighted by molar-refractivity contribution is 5.97. The van der Waals surface area contributed by atoms with Crippen molar-refractivity contribution < 1.29 is 72.3 Å². The van der Waals surface area contributed by atoms with E-state index in [1.807, 2.05) is 62.5 Å². The van der Waals surface area contributed by atoms with E-state index in [0.717, 1.165) is 118 Å². The van der Waals surface area contributed by atoms with Gasteiger partial charge in [-0.25, -0.2) is 0 Å². The molecule has 0 amide bonds. The molecule has 0 bridgehead atoms. The normalized spacial score (nSPS) is 33.0. The molecule has 0 aromatic carbocycles. The van der Waals surface area contributed by atoms with E-state index in [4.69, 9.17) is 42.6 Å². The largest absolute Gasteiger partial charge is 0.461 e. The first-order valence-corrected chi connectivity index (χ1v) is 44.2. The molecular formula is C104H146O15. The van der Waals surface area contributed by atoms with Crippen LogP contribution in [0.5, 0.6) is 0 Å². The van der Waals surface area contributed by atoms with Gasteiger partial charge in [0, 0.05) is 43.4 Å². The smallest absolute Gasteiger partial charge is 0.302 e. The predicted molar refractivity (Wildman–Crippen MR) is 479 cm³/mol. The molecule has 0 saturated carbocycles. The number of aliphatic hydroxyl groups is 3. The van der Waals surface area contributed by atoms with E-state index in [9.17, 15) is 29.7 Å². The molecule has 3 N–H and O–H groups in total. The molecule has 0 aromatic rings. The first-order valence-electron chi connectivity index (χ1n) is 44.2. The van der Waals surface area contributed by atoms with E-state index in [-0.39, 0.29) is 116 Å². The third-order valence-electron chi connectivity index (χ3n) is 24.9. The third-order valence-corrected chi connectivity index (χ3v) is 24.9. The predicted octanol–water partition coefficient (Wildman–Crippen LogP) is 22.6. The average Bonchev–Trinajstić information content (AvgIpc) is 0.771. The number of carbonyl (C=O) groups excluding carboxylic acids is 3. The third kappa shape index (κ3) is 27.3. The number of hydrogen-bond acceptors (Lipinski definition) is 15. The minimum Gasteiger partial charge on any atom is -0.461 e. The Hall–Kier alpha value is -6.83. The van der Waals surface area contributed by atoms with E-state index in [2.05, 4.69) is 211 Å². The van der Waals surface area contributed by atoms with Crippen molar-refractivity contribution in [2.45, 2.75) is 334 Å². The molecule has 15 heteroatoms. The highest BCUT2D eigenvalue weighted by Crippen LogP contribution is 2.49. The van der Waals surface area contributed by atoms with Gasteiger partial charge in [-0.3, -0.25) is 14.4 Å². The first kappa shape index (κ1) is 96.0. The van der Waals surface area contributed by atoms with Crippen molar-refractivity contribution in [1.82, 2.24) is 0 Å². The Morgan fingerprint density at radius 2 is 0.630 bits per heavy atom. The van der Waals surface area contributed by atoms with Gasteiger partial charge < -0.3 is 58.0 Å². The van der Waals surface area contributed by atoms with Gasteiger partial charge in [-0.2, -0.15) is 0 Å². The molecule has 4 aliphatic carbocycles. The summed E-state index contributed by atoms with van der Waals surface area (Å²) in [7, 11) is 0. The molecule has 4 spiro atoms. The van der Waals surface area contributed by atoms with Crippen molar-refractivity contribution in [1.29, 1.82) is 0 Å². The van der Waals surface area contributed by atoms with Crippen molar-refractivity contribution >= 4 is 17.5 Å². The minimum atomic E-state index is -1.03. The SMILES string of the molecule is CC(=O)OCC1=C[C@@]2(C=C(C)C[C@H](/C=C(\C)CCC=C(C)C)O2)O[C@H]2C=C(C)C(=O)C[C@@H]12.CC(C)=CCC/C(C)=C/[C@H]1CC(C)=C[C@@]2(C=C(CO)[C@@H]3CC(=O)C(C)=C[C@@H]3O2)O1.CC(C)=CCC/C(C)=C/[C@H]1CC(C)=C[C@@]2(C=C(CO)[C@@H]3C[C@@H](C)C(C)=C[C@@H]3O2)O1.CC(C)=CCC/C(C)=C/[C@H]1CC(C)=C[C@@]2(C=C(CO)[C@@H]3C[C@H](C)C(C)=C[C@@H]3O2)O1. The van der Waals surface area contributed by atoms with E-state index in [0.29, 0.717) is 30.3 Å². The van der Waals surface area contributed by atoms with Gasteiger partial charge >= 0.3 is 5.97 Å². The Morgan fingerprint density at radius 1 is 0.370 bits per heavy atom. The van der Waals surface area contributed by atoms with Crippen LogP contribution in [-0.4, -0.2) is 131 Å². The highest BCUT2D eigenvalue weighted by atomic mass is 16.7. The molecule has 15 nitrogen and oxygen atoms in total. The van der Waals surface area contributed by atoms with Gasteiger partial charge in [-0.1, -0.05) is 153 Å². The lowest BCUT2D eigenvalue weighted by Crippen LogP contribution is -2.49. The molecule has 119 heavy (non-hydrogen) atoms. The van der Waals surface area contributed by atoms with Gasteiger partial charge in [-0.05, 0) is 334 Å². The number of ketones is 2. The van der Waals surface area contributed by atoms with Crippen LogP contribution in [0.4, 0.5) is 0 Å². The molecule has 0 aromatic heterocycles. The number of rotatable bonds is 21. The summed E-state index contributed by atoms with van der Waals surface area (Å²) in [6.45, 7) is 48.2. The van der Waals surface area contributed by atoms with Crippen molar-refractivity contribution in [2.24, 2.45) is 35.5 Å². The van der Waals surface area contributed by atoms with Crippen LogP contribution < -0.4 is 0 Å². The lowest BCUT2D eigenvalue weighted by atomic mass is 9.75. The van der Waals surface area contributed by atoms with Gasteiger partial charge in [0.25, 0.3) is 0 Å². The first-order chi connectivity index (χ1) is 56.2. The minimum absolute atomic E-state index is 0.00737. The van der Waals surface area contributed by atoms with Crippen molar-refractivity contribution in [3.8, 4) is 0 Å². The zero-order chi connectivity index (χ0) is 87.0. The second-order valence-electron chi connectivity index (χ2n) is 37.6. The molecule has 0 radical (unpaired) electrons.